The van der Waals surface area contributed by atoms with Crippen LogP contribution in [0, 0.1) is 6.92 Å². The summed E-state index contributed by atoms with van der Waals surface area (Å²) in [6.07, 6.45) is 6.05. The number of nitrogens with zero attached hydrogens (tertiary/aromatic N) is 2. The molecular formula is C19H18N2O4. The van der Waals surface area contributed by atoms with E-state index in [2.05, 4.69) is 0 Å². The van der Waals surface area contributed by atoms with Crippen molar-refractivity contribution in [1.82, 2.24) is 0 Å². The maximum atomic E-state index is 12.3. The fraction of sp³-hybridized carbons (Fsp3) is 0.263. The second kappa shape index (κ2) is 6.12. The van der Waals surface area contributed by atoms with E-state index in [1.54, 1.807) is 6.92 Å². The van der Waals surface area contributed by atoms with Crippen LogP contribution in [-0.2, 0) is 32.0 Å². The second-order valence-electron chi connectivity index (χ2n) is 5.93. The van der Waals surface area contributed by atoms with Crippen LogP contribution in [0.5, 0.6) is 0 Å². The molecule has 128 valence electrons. The van der Waals surface area contributed by atoms with E-state index < -0.39 is 23.6 Å². The zero-order valence-corrected chi connectivity index (χ0v) is 14.3. The molecule has 0 aliphatic carbocycles. The molecule has 0 unspecified atom stereocenters. The summed E-state index contributed by atoms with van der Waals surface area (Å²) in [5.41, 5.74) is 3.09. The predicted octanol–water partition coefficient (Wildman–Crippen LogP) is 1.98. The molecule has 2 aliphatic rings. The highest BCUT2D eigenvalue weighted by molar-refractivity contribution is 6.33. The van der Waals surface area contributed by atoms with Crippen molar-refractivity contribution in [2.75, 3.05) is 9.80 Å². The number of hydrogen-bond donors (Lipinski definition) is 0. The fourth-order valence-electron chi connectivity index (χ4n) is 3.37. The Morgan fingerprint density at radius 1 is 0.720 bits per heavy atom. The normalized spacial score (nSPS) is 16.8. The lowest BCUT2D eigenvalue weighted by Crippen LogP contribution is -2.36. The minimum Gasteiger partial charge on any atom is -0.269 e. The number of benzene rings is 1. The molecule has 1 aromatic carbocycles. The number of carbonyl (C=O) groups is 4. The summed E-state index contributed by atoms with van der Waals surface area (Å²) in [6.45, 7) is 5.67. The first-order valence-corrected chi connectivity index (χ1v) is 8.18. The van der Waals surface area contributed by atoms with Gasteiger partial charge < -0.3 is 0 Å². The molecule has 0 spiro atoms. The van der Waals surface area contributed by atoms with Crippen LogP contribution in [-0.4, -0.2) is 23.6 Å². The molecule has 3 rings (SSSR count). The summed E-state index contributed by atoms with van der Waals surface area (Å²) >= 11 is 0. The van der Waals surface area contributed by atoms with Gasteiger partial charge in [0.2, 0.25) is 0 Å². The van der Waals surface area contributed by atoms with Crippen molar-refractivity contribution in [2.24, 2.45) is 0 Å². The first kappa shape index (κ1) is 16.8. The second-order valence-corrected chi connectivity index (χ2v) is 5.93. The number of amides is 4. The van der Waals surface area contributed by atoms with Crippen molar-refractivity contribution in [1.29, 1.82) is 0 Å². The highest BCUT2D eigenvalue weighted by Crippen LogP contribution is 2.41. The maximum absolute atomic E-state index is 12.3. The van der Waals surface area contributed by atoms with Gasteiger partial charge in [-0.05, 0) is 36.5 Å². The van der Waals surface area contributed by atoms with Crippen molar-refractivity contribution in [3.8, 4) is 0 Å². The van der Waals surface area contributed by atoms with Crippen LogP contribution < -0.4 is 9.80 Å². The lowest BCUT2D eigenvalue weighted by Gasteiger charge is -2.28. The van der Waals surface area contributed by atoms with Gasteiger partial charge in [-0.2, -0.15) is 0 Å². The van der Waals surface area contributed by atoms with Gasteiger partial charge >= 0.3 is 0 Å². The minimum absolute atomic E-state index is 0.305. The van der Waals surface area contributed by atoms with Crippen LogP contribution in [0.1, 0.15) is 30.5 Å². The summed E-state index contributed by atoms with van der Waals surface area (Å²) in [6, 6.07) is 1.91. The summed E-state index contributed by atoms with van der Waals surface area (Å²) in [5.74, 6) is -1.90. The first-order valence-electron chi connectivity index (χ1n) is 8.18. The Bertz CT molecular complexity index is 844. The van der Waals surface area contributed by atoms with E-state index in [1.165, 1.54) is 24.3 Å². The average Bonchev–Trinajstić information content (AvgIpc) is 3.08. The third-order valence-electron chi connectivity index (χ3n) is 4.46. The number of anilines is 2. The van der Waals surface area contributed by atoms with Gasteiger partial charge in [-0.25, -0.2) is 9.80 Å². The highest BCUT2D eigenvalue weighted by Gasteiger charge is 2.36. The number of hydrogen-bond acceptors (Lipinski definition) is 4. The molecule has 0 fully saturated rings. The van der Waals surface area contributed by atoms with Crippen LogP contribution in [0.15, 0.2) is 30.4 Å². The van der Waals surface area contributed by atoms with Crippen molar-refractivity contribution in [3.63, 3.8) is 0 Å². The third-order valence-corrected chi connectivity index (χ3v) is 4.46. The van der Waals surface area contributed by atoms with Gasteiger partial charge in [0.1, 0.15) is 0 Å². The average molecular weight is 338 g/mol. The highest BCUT2D eigenvalue weighted by atomic mass is 16.2. The molecule has 6 heteroatoms. The van der Waals surface area contributed by atoms with E-state index in [9.17, 15) is 19.2 Å². The smallest absolute Gasteiger partial charge is 0.258 e. The molecule has 0 aromatic heterocycles. The quantitative estimate of drug-likeness (QED) is 0.787. The Balaban J connectivity index is 2.34. The summed E-state index contributed by atoms with van der Waals surface area (Å²) in [4.78, 5) is 51.2. The summed E-state index contributed by atoms with van der Waals surface area (Å²) in [7, 11) is 0. The molecule has 2 heterocycles. The third kappa shape index (κ3) is 2.50. The monoisotopic (exact) mass is 338 g/mol. The first-order chi connectivity index (χ1) is 11.9. The van der Waals surface area contributed by atoms with Crippen molar-refractivity contribution in [3.05, 3.63) is 47.1 Å². The SMILES string of the molecule is CCc1cc(C)c(N2C(=O)C=CC2=O)c(N2C(=O)C=CC2=O)c1CC. The molecule has 0 saturated heterocycles. The zero-order valence-electron chi connectivity index (χ0n) is 14.3. The van der Waals surface area contributed by atoms with Crippen molar-refractivity contribution >= 4 is 35.0 Å². The van der Waals surface area contributed by atoms with E-state index in [4.69, 9.17) is 0 Å². The van der Waals surface area contributed by atoms with Crippen LogP contribution >= 0.6 is 0 Å². The number of rotatable bonds is 4. The van der Waals surface area contributed by atoms with E-state index in [0.717, 1.165) is 20.9 Å². The molecule has 4 amide bonds. The molecule has 25 heavy (non-hydrogen) atoms. The fourth-order valence-corrected chi connectivity index (χ4v) is 3.37. The molecule has 0 saturated carbocycles. The maximum Gasteiger partial charge on any atom is 0.258 e. The van der Waals surface area contributed by atoms with Crippen LogP contribution in [0.25, 0.3) is 0 Å². The Morgan fingerprint density at radius 2 is 1.16 bits per heavy atom. The summed E-state index contributed by atoms with van der Waals surface area (Å²) < 4.78 is 0. The molecule has 1 aromatic rings. The Hall–Kier alpha value is -3.02. The van der Waals surface area contributed by atoms with Gasteiger partial charge in [-0.3, -0.25) is 19.2 Å². The van der Waals surface area contributed by atoms with Crippen LogP contribution in [0.2, 0.25) is 0 Å². The molecule has 0 radical (unpaired) electrons. The van der Waals surface area contributed by atoms with Crippen molar-refractivity contribution in [2.45, 2.75) is 33.6 Å². The van der Waals surface area contributed by atoms with Gasteiger partial charge in [-0.15, -0.1) is 0 Å². The van der Waals surface area contributed by atoms with E-state index >= 15 is 0 Å². The molecule has 2 aliphatic heterocycles. The van der Waals surface area contributed by atoms with E-state index in [1.807, 2.05) is 19.9 Å². The van der Waals surface area contributed by atoms with Gasteiger partial charge in [0.05, 0.1) is 11.4 Å². The van der Waals surface area contributed by atoms with Crippen LogP contribution in [0.3, 0.4) is 0 Å². The van der Waals surface area contributed by atoms with Gasteiger partial charge in [0.15, 0.2) is 0 Å². The van der Waals surface area contributed by atoms with E-state index in [0.29, 0.717) is 29.8 Å². The van der Waals surface area contributed by atoms with Crippen molar-refractivity contribution < 1.29 is 19.2 Å². The Labute approximate surface area is 145 Å². The predicted molar refractivity (Wildman–Crippen MR) is 93.2 cm³/mol. The molecule has 6 nitrogen and oxygen atoms in total. The van der Waals surface area contributed by atoms with Gasteiger partial charge in [0, 0.05) is 24.3 Å². The Kier molecular flexibility index (Phi) is 4.12. The summed E-state index contributed by atoms with van der Waals surface area (Å²) in [5, 5.41) is 0. The standard InChI is InChI=1S/C19H18N2O4/c1-4-12-10-11(3)18(20-14(22)6-7-15(20)23)19(13(12)5-2)21-16(24)8-9-17(21)25/h6-10H,4-5H2,1-3H3. The van der Waals surface area contributed by atoms with Gasteiger partial charge in [-0.1, -0.05) is 19.9 Å². The molecule has 0 bridgehead atoms. The van der Waals surface area contributed by atoms with E-state index in [-0.39, 0.29) is 0 Å². The van der Waals surface area contributed by atoms with Gasteiger partial charge in [0.25, 0.3) is 23.6 Å². The molecule has 0 atom stereocenters. The zero-order chi connectivity index (χ0) is 18.3. The lowest BCUT2D eigenvalue weighted by atomic mass is 9.94. The number of aryl methyl sites for hydroxylation is 2. The number of imide groups is 2. The topological polar surface area (TPSA) is 74.8 Å². The molecular weight excluding hydrogens is 320 g/mol. The molecule has 0 N–H and O–H groups in total. The largest absolute Gasteiger partial charge is 0.269 e. The van der Waals surface area contributed by atoms with Crippen LogP contribution in [0.4, 0.5) is 11.4 Å². The Morgan fingerprint density at radius 3 is 1.56 bits per heavy atom. The number of carbonyl (C=O) groups excluding carboxylic acids is 4. The lowest BCUT2D eigenvalue weighted by molar-refractivity contribution is -0.122. The minimum atomic E-state index is -0.479.